The predicted molar refractivity (Wildman–Crippen MR) is 126 cm³/mol. The number of hydrogen-bond acceptors (Lipinski definition) is 8. The molecule has 0 N–H and O–H groups in total. The van der Waals surface area contributed by atoms with E-state index in [1.54, 1.807) is 23.1 Å². The zero-order valence-corrected chi connectivity index (χ0v) is 18.8. The van der Waals surface area contributed by atoms with E-state index in [1.165, 1.54) is 0 Å². The first kappa shape index (κ1) is 21.1. The molecule has 1 aliphatic heterocycles. The molecule has 0 aliphatic carbocycles. The first-order valence-electron chi connectivity index (χ1n) is 11.1. The van der Waals surface area contributed by atoms with Crippen LogP contribution in [0.4, 0.5) is 5.82 Å². The number of Topliss-reactive ketones (excluding diaryl/α,β-unsaturated/α-hetero) is 1. The van der Waals surface area contributed by atoms with Gasteiger partial charge in [0.05, 0.1) is 29.5 Å². The molecule has 9 heteroatoms. The number of carbonyl (C=O) groups is 1. The van der Waals surface area contributed by atoms with Gasteiger partial charge >= 0.3 is 0 Å². The molecule has 0 radical (unpaired) electrons. The fourth-order valence-corrected chi connectivity index (χ4v) is 4.07. The van der Waals surface area contributed by atoms with Crippen LogP contribution in [0.25, 0.3) is 22.3 Å². The summed E-state index contributed by atoms with van der Waals surface area (Å²) in [6.45, 7) is 3.92. The van der Waals surface area contributed by atoms with Crippen LogP contribution in [0, 0.1) is 0 Å². The largest absolute Gasteiger partial charge is 0.355 e. The molecule has 5 heterocycles. The lowest BCUT2D eigenvalue weighted by Gasteiger charge is -2.21. The Morgan fingerprint density at radius 1 is 1.00 bits per heavy atom. The van der Waals surface area contributed by atoms with Crippen molar-refractivity contribution in [1.29, 1.82) is 0 Å². The van der Waals surface area contributed by atoms with Crippen LogP contribution in [-0.4, -0.2) is 73.9 Å². The normalized spacial score (nSPS) is 15.0. The predicted octanol–water partition coefficient (Wildman–Crippen LogP) is 2.39. The van der Waals surface area contributed by atoms with E-state index in [0.29, 0.717) is 17.0 Å². The zero-order chi connectivity index (χ0) is 22.8. The highest BCUT2D eigenvalue weighted by molar-refractivity contribution is 5.98. The summed E-state index contributed by atoms with van der Waals surface area (Å²) in [6, 6.07) is 9.41. The lowest BCUT2D eigenvalue weighted by Crippen LogP contribution is -2.29. The molecule has 168 valence electrons. The lowest BCUT2D eigenvalue weighted by atomic mass is 10.1. The summed E-state index contributed by atoms with van der Waals surface area (Å²) in [4.78, 5) is 31.3. The molecule has 9 nitrogen and oxygen atoms in total. The highest BCUT2D eigenvalue weighted by Gasteiger charge is 2.16. The van der Waals surface area contributed by atoms with Crippen molar-refractivity contribution in [1.82, 2.24) is 34.8 Å². The van der Waals surface area contributed by atoms with Crippen LogP contribution in [-0.2, 0) is 13.5 Å². The number of aromatic nitrogens is 6. The molecule has 0 atom stereocenters. The Morgan fingerprint density at radius 2 is 1.91 bits per heavy atom. The summed E-state index contributed by atoms with van der Waals surface area (Å²) in [5.41, 5.74) is 3.56. The molecule has 1 saturated heterocycles. The standard InChI is InChI=1S/C24H26N8O/c1-30-8-3-9-32(11-10-30)24-12-17(6-7-25-24)23(33)14-19-13-21-18(15-26-19)4-5-20(27-21)22-16-31(2)29-28-22/h4-7,12-13,15-16H,3,8-11,14H2,1-2H3. The monoisotopic (exact) mass is 442 g/mol. The molecule has 4 aromatic rings. The number of rotatable bonds is 5. The molecule has 0 bridgehead atoms. The molecule has 0 amide bonds. The smallest absolute Gasteiger partial charge is 0.169 e. The minimum absolute atomic E-state index is 0.0162. The third-order valence-corrected chi connectivity index (χ3v) is 5.95. The van der Waals surface area contributed by atoms with Gasteiger partial charge in [0, 0.05) is 50.0 Å². The molecule has 0 unspecified atom stereocenters. The van der Waals surface area contributed by atoms with Gasteiger partial charge in [0.15, 0.2) is 5.78 Å². The van der Waals surface area contributed by atoms with Crippen LogP contribution in [0.5, 0.6) is 0 Å². The van der Waals surface area contributed by atoms with Gasteiger partial charge in [-0.05, 0) is 50.3 Å². The van der Waals surface area contributed by atoms with Gasteiger partial charge in [-0.25, -0.2) is 9.97 Å². The van der Waals surface area contributed by atoms with Gasteiger partial charge in [0.2, 0.25) is 0 Å². The minimum Gasteiger partial charge on any atom is -0.355 e. The maximum Gasteiger partial charge on any atom is 0.169 e. The van der Waals surface area contributed by atoms with E-state index >= 15 is 0 Å². The van der Waals surface area contributed by atoms with E-state index in [2.05, 4.69) is 37.1 Å². The number of ketones is 1. The SMILES string of the molecule is CN1CCCN(c2cc(C(=O)Cc3cc4nc(-c5cn(C)nn5)ccc4cn3)ccn2)CC1. The molecule has 33 heavy (non-hydrogen) atoms. The van der Waals surface area contributed by atoms with Crippen molar-refractivity contribution in [2.75, 3.05) is 38.1 Å². The van der Waals surface area contributed by atoms with Crippen LogP contribution < -0.4 is 4.90 Å². The summed E-state index contributed by atoms with van der Waals surface area (Å²) >= 11 is 0. The van der Waals surface area contributed by atoms with Crippen LogP contribution >= 0.6 is 0 Å². The van der Waals surface area contributed by atoms with Gasteiger partial charge in [0.25, 0.3) is 0 Å². The fraction of sp³-hybridized carbons (Fsp3) is 0.333. The van der Waals surface area contributed by atoms with Crippen molar-refractivity contribution >= 4 is 22.5 Å². The number of carbonyl (C=O) groups excluding carboxylic acids is 1. The second kappa shape index (κ2) is 9.03. The van der Waals surface area contributed by atoms with Gasteiger partial charge in [-0.15, -0.1) is 5.10 Å². The second-order valence-corrected chi connectivity index (χ2v) is 8.49. The van der Waals surface area contributed by atoms with Gasteiger partial charge < -0.3 is 9.80 Å². The first-order chi connectivity index (χ1) is 16.0. The molecule has 4 aromatic heterocycles. The third-order valence-electron chi connectivity index (χ3n) is 5.95. The number of pyridine rings is 3. The molecule has 1 fully saturated rings. The van der Waals surface area contributed by atoms with Crippen molar-refractivity contribution < 1.29 is 4.79 Å². The minimum atomic E-state index is 0.0162. The quantitative estimate of drug-likeness (QED) is 0.435. The van der Waals surface area contributed by atoms with Gasteiger partial charge in [-0.2, -0.15) is 0 Å². The Balaban J connectivity index is 1.35. The maximum atomic E-state index is 13.1. The van der Waals surface area contributed by atoms with E-state index < -0.39 is 0 Å². The van der Waals surface area contributed by atoms with Crippen LogP contribution in [0.3, 0.4) is 0 Å². The fourth-order valence-electron chi connectivity index (χ4n) is 4.07. The first-order valence-corrected chi connectivity index (χ1v) is 11.1. The molecule has 0 spiro atoms. The Labute approximate surface area is 192 Å². The van der Waals surface area contributed by atoms with Gasteiger partial charge in [0.1, 0.15) is 11.5 Å². The van der Waals surface area contributed by atoms with Crippen molar-refractivity contribution in [2.24, 2.45) is 7.05 Å². The van der Waals surface area contributed by atoms with E-state index in [9.17, 15) is 4.79 Å². The number of aryl methyl sites for hydroxylation is 1. The van der Waals surface area contributed by atoms with E-state index in [0.717, 1.165) is 55.0 Å². The van der Waals surface area contributed by atoms with Crippen molar-refractivity contribution in [3.05, 3.63) is 60.2 Å². The average molecular weight is 443 g/mol. The highest BCUT2D eigenvalue weighted by Crippen LogP contribution is 2.20. The zero-order valence-electron chi connectivity index (χ0n) is 18.8. The summed E-state index contributed by atoms with van der Waals surface area (Å²) < 4.78 is 1.64. The number of likely N-dealkylation sites (N-methyl/N-ethyl adjacent to an activating group) is 1. The van der Waals surface area contributed by atoms with Crippen molar-refractivity contribution in [3.63, 3.8) is 0 Å². The van der Waals surface area contributed by atoms with E-state index in [-0.39, 0.29) is 12.2 Å². The third kappa shape index (κ3) is 4.73. The topological polar surface area (TPSA) is 92.9 Å². The molecular formula is C24H26N8O. The molecule has 0 aromatic carbocycles. The van der Waals surface area contributed by atoms with Crippen LogP contribution in [0.2, 0.25) is 0 Å². The Kier molecular flexibility index (Phi) is 5.78. The Morgan fingerprint density at radius 3 is 2.76 bits per heavy atom. The maximum absolute atomic E-state index is 13.1. The second-order valence-electron chi connectivity index (χ2n) is 8.49. The number of nitrogens with zero attached hydrogens (tertiary/aromatic N) is 8. The van der Waals surface area contributed by atoms with Gasteiger partial charge in [-0.1, -0.05) is 5.21 Å². The van der Waals surface area contributed by atoms with Crippen LogP contribution in [0.15, 0.2) is 48.9 Å². The van der Waals surface area contributed by atoms with Crippen molar-refractivity contribution in [3.8, 4) is 11.4 Å². The highest BCUT2D eigenvalue weighted by atomic mass is 16.1. The Hall–Kier alpha value is -3.72. The van der Waals surface area contributed by atoms with Crippen molar-refractivity contribution in [2.45, 2.75) is 12.8 Å². The van der Waals surface area contributed by atoms with E-state index in [4.69, 9.17) is 4.98 Å². The lowest BCUT2D eigenvalue weighted by molar-refractivity contribution is 0.0992. The molecule has 0 saturated carbocycles. The number of fused-ring (bicyclic) bond motifs is 1. The van der Waals surface area contributed by atoms with Gasteiger partial charge in [-0.3, -0.25) is 14.5 Å². The number of hydrogen-bond donors (Lipinski definition) is 0. The average Bonchev–Trinajstić information content (AvgIpc) is 3.15. The number of anilines is 1. The summed E-state index contributed by atoms with van der Waals surface area (Å²) in [7, 11) is 3.96. The summed E-state index contributed by atoms with van der Waals surface area (Å²) in [5, 5.41) is 9.01. The summed E-state index contributed by atoms with van der Waals surface area (Å²) in [6.07, 6.45) is 6.60. The molecule has 5 rings (SSSR count). The molecule has 1 aliphatic rings. The Bertz CT molecular complexity index is 1300. The van der Waals surface area contributed by atoms with Crippen LogP contribution in [0.1, 0.15) is 22.5 Å². The van der Waals surface area contributed by atoms with E-state index in [1.807, 2.05) is 37.5 Å². The summed E-state index contributed by atoms with van der Waals surface area (Å²) in [5.74, 6) is 0.875. The molecular weight excluding hydrogens is 416 g/mol.